The maximum Gasteiger partial charge on any atom is 0.253 e. The maximum absolute atomic E-state index is 12.8. The van der Waals surface area contributed by atoms with Gasteiger partial charge in [-0.25, -0.2) is 8.42 Å². The van der Waals surface area contributed by atoms with E-state index in [1.54, 1.807) is 13.0 Å². The fraction of sp³-hybridized carbons (Fsp3) is 0.611. The molecule has 2 heterocycles. The maximum atomic E-state index is 12.8. The van der Waals surface area contributed by atoms with Crippen LogP contribution in [0, 0.1) is 0 Å². The predicted octanol–water partition coefficient (Wildman–Crippen LogP) is 2.81. The van der Waals surface area contributed by atoms with Crippen LogP contribution in [0.3, 0.4) is 0 Å². The highest BCUT2D eigenvalue weighted by atomic mass is 32.2. The topological polar surface area (TPSA) is 57.7 Å². The second-order valence-electron chi connectivity index (χ2n) is 6.63. The highest BCUT2D eigenvalue weighted by Gasteiger charge is 2.27. The minimum atomic E-state index is -3.26. The minimum Gasteiger partial charge on any atom is -0.339 e. The van der Waals surface area contributed by atoms with Gasteiger partial charge in [-0.3, -0.25) is 9.10 Å². The van der Waals surface area contributed by atoms with Gasteiger partial charge in [-0.05, 0) is 56.4 Å². The normalized spacial score (nSPS) is 18.9. The van der Waals surface area contributed by atoms with Crippen molar-refractivity contribution in [3.63, 3.8) is 0 Å². The summed E-state index contributed by atoms with van der Waals surface area (Å²) in [5.41, 5.74) is 2.40. The lowest BCUT2D eigenvalue weighted by Crippen LogP contribution is -2.37. The second-order valence-corrected chi connectivity index (χ2v) is 8.81. The number of aryl methyl sites for hydroxylation is 1. The Labute approximate surface area is 144 Å². The Kier molecular flexibility index (Phi) is 5.13. The summed E-state index contributed by atoms with van der Waals surface area (Å²) in [5.74, 6) is 0.177. The Morgan fingerprint density at radius 1 is 1.04 bits per heavy atom. The summed E-state index contributed by atoms with van der Waals surface area (Å²) in [4.78, 5) is 14.7. The summed E-state index contributed by atoms with van der Waals surface area (Å²) >= 11 is 0. The average molecular weight is 350 g/mol. The molecule has 2 aliphatic rings. The fourth-order valence-electron chi connectivity index (χ4n) is 3.60. The van der Waals surface area contributed by atoms with Crippen LogP contribution in [0.4, 0.5) is 5.69 Å². The quantitative estimate of drug-likeness (QED) is 0.842. The first-order valence-corrected chi connectivity index (χ1v) is 10.6. The number of hydrogen-bond donors (Lipinski definition) is 0. The number of benzene rings is 1. The number of likely N-dealkylation sites (tertiary alicyclic amines) is 1. The molecule has 1 amide bonds. The van der Waals surface area contributed by atoms with E-state index >= 15 is 0 Å². The Morgan fingerprint density at radius 3 is 2.42 bits per heavy atom. The molecule has 1 fully saturated rings. The number of amides is 1. The lowest BCUT2D eigenvalue weighted by molar-refractivity contribution is 0.0761. The first-order chi connectivity index (χ1) is 11.5. The van der Waals surface area contributed by atoms with Crippen LogP contribution in [0.25, 0.3) is 0 Å². The summed E-state index contributed by atoms with van der Waals surface area (Å²) < 4.78 is 26.1. The molecule has 24 heavy (non-hydrogen) atoms. The van der Waals surface area contributed by atoms with Crippen LogP contribution in [0.1, 0.15) is 54.9 Å². The molecule has 1 aromatic rings. The van der Waals surface area contributed by atoms with E-state index in [2.05, 4.69) is 0 Å². The molecule has 1 saturated heterocycles. The Bertz CT molecular complexity index is 707. The zero-order valence-electron chi connectivity index (χ0n) is 14.3. The van der Waals surface area contributed by atoms with Gasteiger partial charge in [0.2, 0.25) is 10.0 Å². The zero-order valence-corrected chi connectivity index (χ0v) is 15.1. The van der Waals surface area contributed by atoms with Gasteiger partial charge < -0.3 is 4.90 Å². The highest BCUT2D eigenvalue weighted by molar-refractivity contribution is 7.92. The zero-order chi connectivity index (χ0) is 17.2. The third kappa shape index (κ3) is 3.43. The summed E-state index contributed by atoms with van der Waals surface area (Å²) in [6.45, 7) is 3.85. The third-order valence-corrected chi connectivity index (χ3v) is 6.78. The molecule has 0 atom stereocenters. The first-order valence-electron chi connectivity index (χ1n) is 8.95. The van der Waals surface area contributed by atoms with Crippen LogP contribution < -0.4 is 4.31 Å². The van der Waals surface area contributed by atoms with Crippen LogP contribution in [0.15, 0.2) is 18.2 Å². The first kappa shape index (κ1) is 17.3. The number of carbonyl (C=O) groups excluding carboxylic acids is 1. The monoisotopic (exact) mass is 350 g/mol. The molecule has 0 aliphatic carbocycles. The van der Waals surface area contributed by atoms with E-state index in [0.717, 1.165) is 50.0 Å². The van der Waals surface area contributed by atoms with Crippen LogP contribution >= 0.6 is 0 Å². The molecule has 0 aromatic heterocycles. The minimum absolute atomic E-state index is 0.0789. The molecule has 5 nitrogen and oxygen atoms in total. The van der Waals surface area contributed by atoms with Crippen LogP contribution in [0.5, 0.6) is 0 Å². The molecule has 0 saturated carbocycles. The Morgan fingerprint density at radius 2 is 1.75 bits per heavy atom. The van der Waals surface area contributed by atoms with Crippen molar-refractivity contribution in [2.75, 3.05) is 29.7 Å². The molecule has 3 rings (SSSR count). The van der Waals surface area contributed by atoms with Gasteiger partial charge >= 0.3 is 0 Å². The largest absolute Gasteiger partial charge is 0.339 e. The molecule has 0 unspecified atom stereocenters. The van der Waals surface area contributed by atoms with E-state index in [1.165, 1.54) is 17.1 Å². The lowest BCUT2D eigenvalue weighted by Gasteiger charge is -2.30. The van der Waals surface area contributed by atoms with Gasteiger partial charge in [0.05, 0.1) is 11.4 Å². The van der Waals surface area contributed by atoms with Crippen molar-refractivity contribution >= 4 is 21.6 Å². The molecule has 2 aliphatic heterocycles. The van der Waals surface area contributed by atoms with Crippen LogP contribution in [-0.4, -0.2) is 44.6 Å². The summed E-state index contributed by atoms with van der Waals surface area (Å²) in [7, 11) is -3.26. The molecule has 0 radical (unpaired) electrons. The number of rotatable bonds is 3. The number of sulfonamides is 1. The molecule has 0 N–H and O–H groups in total. The van der Waals surface area contributed by atoms with E-state index < -0.39 is 10.0 Å². The standard InChI is InChI=1S/C18H26N2O3S/c1-2-24(22,23)20-13-7-8-15-14-16(9-10-17(15)20)18(21)19-11-5-3-4-6-12-19/h9-10,14H,2-8,11-13H2,1H3. The average Bonchev–Trinajstić information content (AvgIpc) is 2.89. The van der Waals surface area contributed by atoms with E-state index in [4.69, 9.17) is 0 Å². The van der Waals surface area contributed by atoms with Crippen molar-refractivity contribution in [1.29, 1.82) is 0 Å². The molecule has 0 bridgehead atoms. The van der Waals surface area contributed by atoms with Crippen molar-refractivity contribution in [1.82, 2.24) is 4.90 Å². The van der Waals surface area contributed by atoms with Gasteiger partial charge in [0, 0.05) is 25.2 Å². The molecule has 0 spiro atoms. The SMILES string of the molecule is CCS(=O)(=O)N1CCCc2cc(C(=O)N3CCCCCC3)ccc21. The van der Waals surface area contributed by atoms with E-state index in [-0.39, 0.29) is 11.7 Å². The van der Waals surface area contributed by atoms with Crippen molar-refractivity contribution < 1.29 is 13.2 Å². The van der Waals surface area contributed by atoms with Crippen molar-refractivity contribution in [3.05, 3.63) is 29.3 Å². The lowest BCUT2D eigenvalue weighted by atomic mass is 10.00. The van der Waals surface area contributed by atoms with Gasteiger partial charge in [0.15, 0.2) is 0 Å². The smallest absolute Gasteiger partial charge is 0.253 e. The number of carbonyl (C=O) groups is 1. The van der Waals surface area contributed by atoms with Crippen molar-refractivity contribution in [2.24, 2.45) is 0 Å². The molecule has 1 aromatic carbocycles. The number of nitrogens with zero attached hydrogens (tertiary/aromatic N) is 2. The number of hydrogen-bond acceptors (Lipinski definition) is 3. The van der Waals surface area contributed by atoms with Crippen LogP contribution in [0.2, 0.25) is 0 Å². The molecular formula is C18H26N2O3S. The van der Waals surface area contributed by atoms with Gasteiger partial charge in [0.25, 0.3) is 5.91 Å². The Balaban J connectivity index is 1.87. The van der Waals surface area contributed by atoms with E-state index in [1.807, 2.05) is 17.0 Å². The molecule has 132 valence electrons. The van der Waals surface area contributed by atoms with Crippen molar-refractivity contribution in [3.8, 4) is 0 Å². The number of anilines is 1. The third-order valence-electron chi connectivity index (χ3n) is 5.00. The van der Waals surface area contributed by atoms with Gasteiger partial charge in [-0.1, -0.05) is 12.8 Å². The summed E-state index contributed by atoms with van der Waals surface area (Å²) in [6.07, 6.45) is 6.15. The van der Waals surface area contributed by atoms with Gasteiger partial charge in [0.1, 0.15) is 0 Å². The van der Waals surface area contributed by atoms with E-state index in [0.29, 0.717) is 12.1 Å². The van der Waals surface area contributed by atoms with Crippen molar-refractivity contribution in [2.45, 2.75) is 45.4 Å². The fourth-order valence-corrected chi connectivity index (χ4v) is 4.79. The van der Waals surface area contributed by atoms with Crippen LogP contribution in [-0.2, 0) is 16.4 Å². The van der Waals surface area contributed by atoms with E-state index in [9.17, 15) is 13.2 Å². The Hall–Kier alpha value is -1.56. The summed E-state index contributed by atoms with van der Waals surface area (Å²) in [5, 5.41) is 0. The predicted molar refractivity (Wildman–Crippen MR) is 95.9 cm³/mol. The molecular weight excluding hydrogens is 324 g/mol. The molecule has 6 heteroatoms. The van der Waals surface area contributed by atoms with Gasteiger partial charge in [-0.2, -0.15) is 0 Å². The second kappa shape index (κ2) is 7.13. The number of fused-ring (bicyclic) bond motifs is 1. The summed E-state index contributed by atoms with van der Waals surface area (Å²) in [6, 6.07) is 5.50. The highest BCUT2D eigenvalue weighted by Crippen LogP contribution is 2.31. The van der Waals surface area contributed by atoms with Gasteiger partial charge in [-0.15, -0.1) is 0 Å².